The molecule has 0 saturated heterocycles. The van der Waals surface area contributed by atoms with Gasteiger partial charge in [-0.3, -0.25) is 4.79 Å². The number of benzene rings is 1. The van der Waals surface area contributed by atoms with Gasteiger partial charge in [-0.05, 0) is 42.5 Å². The number of hydrogen-bond donors (Lipinski definition) is 1. The van der Waals surface area contributed by atoms with Crippen LogP contribution < -0.4 is 10.1 Å². The summed E-state index contributed by atoms with van der Waals surface area (Å²) in [7, 11) is 1.26. The SMILES string of the molecule is COC(=O)C(CNC(=O)c1cccc(-n2cccn2)n1)Oc1ccc(Br)cc1. The molecule has 144 valence electrons. The second-order valence-corrected chi connectivity index (χ2v) is 6.54. The Hall–Kier alpha value is -3.20. The molecule has 3 aromatic rings. The molecule has 1 amide bonds. The lowest BCUT2D eigenvalue weighted by Gasteiger charge is -2.17. The Morgan fingerprint density at radius 2 is 1.96 bits per heavy atom. The molecule has 9 heteroatoms. The molecule has 0 aliphatic carbocycles. The van der Waals surface area contributed by atoms with Crippen LogP contribution in [0.1, 0.15) is 10.5 Å². The molecule has 0 aliphatic rings. The average molecular weight is 445 g/mol. The maximum atomic E-state index is 12.5. The molecule has 1 unspecified atom stereocenters. The third-order valence-electron chi connectivity index (χ3n) is 3.71. The van der Waals surface area contributed by atoms with Crippen molar-refractivity contribution in [1.82, 2.24) is 20.1 Å². The van der Waals surface area contributed by atoms with E-state index in [1.807, 2.05) is 0 Å². The van der Waals surface area contributed by atoms with E-state index in [4.69, 9.17) is 9.47 Å². The summed E-state index contributed by atoms with van der Waals surface area (Å²) in [5, 5.41) is 6.74. The van der Waals surface area contributed by atoms with Gasteiger partial charge in [-0.25, -0.2) is 14.5 Å². The van der Waals surface area contributed by atoms with Gasteiger partial charge in [0.1, 0.15) is 11.4 Å². The highest BCUT2D eigenvalue weighted by Crippen LogP contribution is 2.17. The number of rotatable bonds is 7. The summed E-state index contributed by atoms with van der Waals surface area (Å²) in [5.74, 6) is -0.0521. The van der Waals surface area contributed by atoms with Gasteiger partial charge >= 0.3 is 5.97 Å². The number of carbonyl (C=O) groups is 2. The van der Waals surface area contributed by atoms with E-state index in [0.29, 0.717) is 11.6 Å². The molecule has 1 aromatic carbocycles. The van der Waals surface area contributed by atoms with Crippen molar-refractivity contribution in [2.45, 2.75) is 6.10 Å². The summed E-state index contributed by atoms with van der Waals surface area (Å²) in [5.41, 5.74) is 0.195. The fraction of sp³-hybridized carbons (Fsp3) is 0.158. The Kier molecular flexibility index (Phi) is 6.38. The molecule has 0 spiro atoms. The summed E-state index contributed by atoms with van der Waals surface area (Å²) in [6, 6.07) is 13.8. The number of esters is 1. The van der Waals surface area contributed by atoms with E-state index in [1.165, 1.54) is 7.11 Å². The fourth-order valence-electron chi connectivity index (χ4n) is 2.34. The second kappa shape index (κ2) is 9.14. The maximum Gasteiger partial charge on any atom is 0.348 e. The zero-order valence-corrected chi connectivity index (χ0v) is 16.5. The van der Waals surface area contributed by atoms with Gasteiger partial charge < -0.3 is 14.8 Å². The van der Waals surface area contributed by atoms with E-state index in [2.05, 4.69) is 31.3 Å². The lowest BCUT2D eigenvalue weighted by molar-refractivity contribution is -0.148. The van der Waals surface area contributed by atoms with Gasteiger partial charge in [-0.2, -0.15) is 5.10 Å². The Balaban J connectivity index is 1.67. The molecule has 0 saturated carbocycles. The molecule has 0 aliphatic heterocycles. The molecule has 2 heterocycles. The monoisotopic (exact) mass is 444 g/mol. The van der Waals surface area contributed by atoms with Gasteiger partial charge in [0.25, 0.3) is 5.91 Å². The Labute approximate surface area is 169 Å². The van der Waals surface area contributed by atoms with Gasteiger partial charge in [0.2, 0.25) is 6.10 Å². The van der Waals surface area contributed by atoms with Crippen LogP contribution in [0.3, 0.4) is 0 Å². The summed E-state index contributed by atoms with van der Waals surface area (Å²) in [6.07, 6.45) is 2.35. The van der Waals surface area contributed by atoms with E-state index in [9.17, 15) is 9.59 Å². The maximum absolute atomic E-state index is 12.5. The first kappa shape index (κ1) is 19.6. The van der Waals surface area contributed by atoms with Crippen LogP contribution in [0.25, 0.3) is 5.82 Å². The molecule has 2 aromatic heterocycles. The standard InChI is InChI=1S/C19H17BrN4O4/c1-27-19(26)16(28-14-8-6-13(20)7-9-14)12-21-18(25)15-4-2-5-17(23-15)24-11-3-10-22-24/h2-11,16H,12H2,1H3,(H,21,25). The van der Waals surface area contributed by atoms with Crippen LogP contribution >= 0.6 is 15.9 Å². The van der Waals surface area contributed by atoms with Crippen LogP contribution in [0.2, 0.25) is 0 Å². The molecule has 8 nitrogen and oxygen atoms in total. The molecular weight excluding hydrogens is 428 g/mol. The normalized spacial score (nSPS) is 11.5. The zero-order chi connectivity index (χ0) is 19.9. The molecule has 1 N–H and O–H groups in total. The molecule has 0 bridgehead atoms. The largest absolute Gasteiger partial charge is 0.477 e. The average Bonchev–Trinajstić information content (AvgIpc) is 3.26. The van der Waals surface area contributed by atoms with Crippen molar-refractivity contribution >= 4 is 27.8 Å². The number of nitrogens with one attached hydrogen (secondary N) is 1. The van der Waals surface area contributed by atoms with Gasteiger partial charge in [0, 0.05) is 16.9 Å². The predicted molar refractivity (Wildman–Crippen MR) is 104 cm³/mol. The van der Waals surface area contributed by atoms with E-state index < -0.39 is 18.0 Å². The third-order valence-corrected chi connectivity index (χ3v) is 4.24. The van der Waals surface area contributed by atoms with Gasteiger partial charge in [0.05, 0.1) is 13.7 Å². The first-order valence-corrected chi connectivity index (χ1v) is 9.11. The highest BCUT2D eigenvalue weighted by atomic mass is 79.9. The first-order valence-electron chi connectivity index (χ1n) is 8.32. The smallest absolute Gasteiger partial charge is 0.348 e. The van der Waals surface area contributed by atoms with Crippen molar-refractivity contribution in [3.05, 3.63) is 71.1 Å². The predicted octanol–water partition coefficient (Wildman–Crippen LogP) is 2.38. The first-order chi connectivity index (χ1) is 13.6. The molecule has 1 atom stereocenters. The molecule has 0 radical (unpaired) electrons. The topological polar surface area (TPSA) is 95.3 Å². The Morgan fingerprint density at radius 1 is 1.18 bits per heavy atom. The van der Waals surface area contributed by atoms with Crippen LogP contribution in [-0.4, -0.2) is 46.4 Å². The lowest BCUT2D eigenvalue weighted by atomic mass is 10.3. The fourth-order valence-corrected chi connectivity index (χ4v) is 2.60. The van der Waals surface area contributed by atoms with Crippen LogP contribution in [0, 0.1) is 0 Å². The van der Waals surface area contributed by atoms with Gasteiger partial charge in [-0.1, -0.05) is 22.0 Å². The van der Waals surface area contributed by atoms with Crippen molar-refractivity contribution in [2.75, 3.05) is 13.7 Å². The second-order valence-electron chi connectivity index (χ2n) is 5.63. The minimum atomic E-state index is -0.996. The van der Waals surface area contributed by atoms with E-state index in [1.54, 1.807) is 65.6 Å². The number of hydrogen-bond acceptors (Lipinski definition) is 6. The number of methoxy groups -OCH3 is 1. The number of carbonyl (C=O) groups excluding carboxylic acids is 2. The zero-order valence-electron chi connectivity index (χ0n) is 14.9. The van der Waals surface area contributed by atoms with E-state index in [-0.39, 0.29) is 12.2 Å². The number of amides is 1. The number of halogens is 1. The number of pyridine rings is 1. The molecular formula is C19H17BrN4O4. The van der Waals surface area contributed by atoms with Crippen LogP contribution in [0.5, 0.6) is 5.75 Å². The summed E-state index contributed by atoms with van der Waals surface area (Å²) in [6.45, 7) is -0.0742. The highest BCUT2D eigenvalue weighted by molar-refractivity contribution is 9.10. The number of ether oxygens (including phenoxy) is 2. The minimum Gasteiger partial charge on any atom is -0.477 e. The van der Waals surface area contributed by atoms with E-state index in [0.717, 1.165) is 4.47 Å². The van der Waals surface area contributed by atoms with E-state index >= 15 is 0 Å². The summed E-state index contributed by atoms with van der Waals surface area (Å²) >= 11 is 3.33. The third kappa shape index (κ3) is 4.95. The van der Waals surface area contributed by atoms with Gasteiger partial charge in [0.15, 0.2) is 5.82 Å². The van der Waals surface area contributed by atoms with Crippen molar-refractivity contribution in [3.63, 3.8) is 0 Å². The quantitative estimate of drug-likeness (QED) is 0.562. The van der Waals surface area contributed by atoms with Crippen molar-refractivity contribution in [2.24, 2.45) is 0 Å². The van der Waals surface area contributed by atoms with Crippen LogP contribution in [0.4, 0.5) is 0 Å². The summed E-state index contributed by atoms with van der Waals surface area (Å²) < 4.78 is 12.8. The molecule has 0 fully saturated rings. The Morgan fingerprint density at radius 3 is 2.64 bits per heavy atom. The highest BCUT2D eigenvalue weighted by Gasteiger charge is 2.23. The van der Waals surface area contributed by atoms with Crippen LogP contribution in [0.15, 0.2) is 65.4 Å². The lowest BCUT2D eigenvalue weighted by Crippen LogP contribution is -2.41. The minimum absolute atomic E-state index is 0.0742. The number of nitrogens with zero attached hydrogens (tertiary/aromatic N) is 3. The van der Waals surface area contributed by atoms with Crippen molar-refractivity contribution in [3.8, 4) is 11.6 Å². The van der Waals surface area contributed by atoms with Crippen LogP contribution in [-0.2, 0) is 9.53 Å². The number of aromatic nitrogens is 3. The Bertz CT molecular complexity index is 945. The molecule has 3 rings (SSSR count). The molecule has 28 heavy (non-hydrogen) atoms. The summed E-state index contributed by atoms with van der Waals surface area (Å²) in [4.78, 5) is 28.7. The van der Waals surface area contributed by atoms with Crippen molar-refractivity contribution in [1.29, 1.82) is 0 Å². The van der Waals surface area contributed by atoms with Gasteiger partial charge in [-0.15, -0.1) is 0 Å². The van der Waals surface area contributed by atoms with Crippen molar-refractivity contribution < 1.29 is 19.1 Å².